The fourth-order valence-electron chi connectivity index (χ4n) is 3.88. The molecule has 3 heteroatoms. The van der Waals surface area contributed by atoms with E-state index in [2.05, 4.69) is 46.4 Å². The van der Waals surface area contributed by atoms with Gasteiger partial charge in [0, 0.05) is 25.2 Å². The molecule has 2 N–H and O–H groups in total. The van der Waals surface area contributed by atoms with Crippen LogP contribution in [0.25, 0.3) is 0 Å². The number of hydrogen-bond acceptors (Lipinski definition) is 3. The van der Waals surface area contributed by atoms with Crippen LogP contribution in [-0.4, -0.2) is 41.3 Å². The molecule has 0 amide bonds. The first-order chi connectivity index (χ1) is 8.03. The van der Waals surface area contributed by atoms with Gasteiger partial charge >= 0.3 is 0 Å². The van der Waals surface area contributed by atoms with Gasteiger partial charge in [-0.1, -0.05) is 13.8 Å². The molecule has 1 heterocycles. The highest BCUT2D eigenvalue weighted by molar-refractivity contribution is 5.02. The second-order valence-corrected chi connectivity index (χ2v) is 8.15. The van der Waals surface area contributed by atoms with E-state index in [9.17, 15) is 0 Å². The molecule has 0 radical (unpaired) electrons. The maximum Gasteiger partial charge on any atom is 0.0760 e. The molecule has 106 valence electrons. The van der Waals surface area contributed by atoms with Gasteiger partial charge in [-0.15, -0.1) is 0 Å². The van der Waals surface area contributed by atoms with E-state index in [4.69, 9.17) is 10.5 Å². The van der Waals surface area contributed by atoms with Gasteiger partial charge in [-0.3, -0.25) is 4.90 Å². The normalized spacial score (nSPS) is 38.8. The molecule has 2 rings (SSSR count). The summed E-state index contributed by atoms with van der Waals surface area (Å²) in [5.74, 6) is 0. The molecular formula is C15H30N2O. The molecular weight excluding hydrogens is 224 g/mol. The SMILES string of the molecule is CC1(C)CN(C2CCC(C)(C)C2N)CC(C)(C)O1. The third-order valence-corrected chi connectivity index (χ3v) is 4.59. The number of morpholine rings is 1. The summed E-state index contributed by atoms with van der Waals surface area (Å²) in [7, 11) is 0. The highest BCUT2D eigenvalue weighted by Crippen LogP contribution is 2.41. The van der Waals surface area contributed by atoms with Gasteiger partial charge in [0.05, 0.1) is 11.2 Å². The fourth-order valence-corrected chi connectivity index (χ4v) is 3.88. The standard InChI is InChI=1S/C15H30N2O/c1-13(2)8-7-11(12(13)16)17-9-14(3,4)18-15(5,6)10-17/h11-12H,7-10,16H2,1-6H3. The fraction of sp³-hybridized carbons (Fsp3) is 1.00. The molecule has 18 heavy (non-hydrogen) atoms. The molecule has 2 atom stereocenters. The quantitative estimate of drug-likeness (QED) is 0.781. The predicted molar refractivity (Wildman–Crippen MR) is 75.6 cm³/mol. The third-order valence-electron chi connectivity index (χ3n) is 4.59. The molecule has 0 aromatic carbocycles. The third kappa shape index (κ3) is 2.73. The van der Waals surface area contributed by atoms with Gasteiger partial charge in [-0.2, -0.15) is 0 Å². The Morgan fingerprint density at radius 1 is 1.00 bits per heavy atom. The summed E-state index contributed by atoms with van der Waals surface area (Å²) in [6.07, 6.45) is 2.46. The Balaban J connectivity index is 2.14. The zero-order chi connectivity index (χ0) is 13.8. The zero-order valence-electron chi connectivity index (χ0n) is 12.9. The summed E-state index contributed by atoms with van der Waals surface area (Å²) in [5.41, 5.74) is 6.61. The highest BCUT2D eigenvalue weighted by Gasteiger charge is 2.47. The van der Waals surface area contributed by atoms with Gasteiger partial charge in [0.15, 0.2) is 0 Å². The molecule has 3 nitrogen and oxygen atoms in total. The Morgan fingerprint density at radius 3 is 1.89 bits per heavy atom. The molecule has 2 unspecified atom stereocenters. The van der Waals surface area contributed by atoms with E-state index in [1.54, 1.807) is 0 Å². The van der Waals surface area contributed by atoms with E-state index in [1.165, 1.54) is 12.8 Å². The van der Waals surface area contributed by atoms with Crippen molar-refractivity contribution in [2.45, 2.75) is 77.7 Å². The van der Waals surface area contributed by atoms with Crippen LogP contribution >= 0.6 is 0 Å². The van der Waals surface area contributed by atoms with Crippen LogP contribution in [0.4, 0.5) is 0 Å². The van der Waals surface area contributed by atoms with E-state index in [0.717, 1.165) is 13.1 Å². The van der Waals surface area contributed by atoms with E-state index in [-0.39, 0.29) is 22.7 Å². The highest BCUT2D eigenvalue weighted by atomic mass is 16.5. The van der Waals surface area contributed by atoms with E-state index >= 15 is 0 Å². The second-order valence-electron chi connectivity index (χ2n) is 8.15. The van der Waals surface area contributed by atoms with Crippen LogP contribution in [-0.2, 0) is 4.74 Å². The summed E-state index contributed by atoms with van der Waals surface area (Å²) in [6.45, 7) is 15.3. The number of rotatable bonds is 1. The van der Waals surface area contributed by atoms with Crippen molar-refractivity contribution in [2.24, 2.45) is 11.1 Å². The van der Waals surface area contributed by atoms with Crippen LogP contribution in [0.3, 0.4) is 0 Å². The molecule has 0 aromatic heterocycles. The van der Waals surface area contributed by atoms with Crippen molar-refractivity contribution < 1.29 is 4.74 Å². The van der Waals surface area contributed by atoms with Gasteiger partial charge < -0.3 is 10.5 Å². The first kappa shape index (κ1) is 14.3. The molecule has 2 aliphatic rings. The van der Waals surface area contributed by atoms with Gasteiger partial charge in [-0.25, -0.2) is 0 Å². The Bertz CT molecular complexity index is 306. The number of nitrogens with zero attached hydrogens (tertiary/aromatic N) is 1. The second kappa shape index (κ2) is 4.19. The van der Waals surface area contributed by atoms with Crippen molar-refractivity contribution in [3.8, 4) is 0 Å². The summed E-state index contributed by atoms with van der Waals surface area (Å²) in [5, 5.41) is 0. The minimum atomic E-state index is -0.0752. The van der Waals surface area contributed by atoms with Crippen molar-refractivity contribution in [3.05, 3.63) is 0 Å². The molecule has 1 aliphatic carbocycles. The Hall–Kier alpha value is -0.120. The predicted octanol–water partition coefficient (Wildman–Crippen LogP) is 2.39. The van der Waals surface area contributed by atoms with E-state index in [0.29, 0.717) is 6.04 Å². The zero-order valence-corrected chi connectivity index (χ0v) is 12.9. The summed E-state index contributed by atoms with van der Waals surface area (Å²) >= 11 is 0. The average molecular weight is 254 g/mol. The van der Waals surface area contributed by atoms with Gasteiger partial charge in [0.25, 0.3) is 0 Å². The largest absolute Gasteiger partial charge is 0.367 e. The van der Waals surface area contributed by atoms with Crippen molar-refractivity contribution >= 4 is 0 Å². The van der Waals surface area contributed by atoms with Crippen molar-refractivity contribution in [3.63, 3.8) is 0 Å². The first-order valence-electron chi connectivity index (χ1n) is 7.22. The Kier molecular flexibility index (Phi) is 3.33. The molecule has 0 spiro atoms. The number of hydrogen-bond donors (Lipinski definition) is 1. The lowest BCUT2D eigenvalue weighted by atomic mass is 9.86. The molecule has 1 saturated heterocycles. The molecule has 1 saturated carbocycles. The first-order valence-corrected chi connectivity index (χ1v) is 7.22. The maximum absolute atomic E-state index is 6.48. The number of nitrogens with two attached hydrogens (primary N) is 1. The lowest BCUT2D eigenvalue weighted by Crippen LogP contribution is -2.62. The molecule has 0 bridgehead atoms. The minimum Gasteiger partial charge on any atom is -0.367 e. The van der Waals surface area contributed by atoms with Crippen molar-refractivity contribution in [2.75, 3.05) is 13.1 Å². The number of ether oxygens (including phenoxy) is 1. The van der Waals surface area contributed by atoms with E-state index < -0.39 is 0 Å². The van der Waals surface area contributed by atoms with Crippen LogP contribution in [0.15, 0.2) is 0 Å². The summed E-state index contributed by atoms with van der Waals surface area (Å²) < 4.78 is 6.16. The summed E-state index contributed by atoms with van der Waals surface area (Å²) in [6, 6.07) is 0.796. The van der Waals surface area contributed by atoms with Gasteiger partial charge in [0.2, 0.25) is 0 Å². The van der Waals surface area contributed by atoms with Crippen LogP contribution in [0.5, 0.6) is 0 Å². The van der Waals surface area contributed by atoms with E-state index in [1.807, 2.05) is 0 Å². The van der Waals surface area contributed by atoms with Crippen LogP contribution < -0.4 is 5.73 Å². The van der Waals surface area contributed by atoms with Crippen molar-refractivity contribution in [1.29, 1.82) is 0 Å². The van der Waals surface area contributed by atoms with Crippen LogP contribution in [0.2, 0.25) is 0 Å². The topological polar surface area (TPSA) is 38.5 Å². The lowest BCUT2D eigenvalue weighted by molar-refractivity contribution is -0.188. The molecule has 0 aromatic rings. The Morgan fingerprint density at radius 2 is 1.50 bits per heavy atom. The molecule has 2 fully saturated rings. The Labute approximate surface area is 112 Å². The maximum atomic E-state index is 6.48. The molecule has 1 aliphatic heterocycles. The average Bonchev–Trinajstić information content (AvgIpc) is 2.36. The van der Waals surface area contributed by atoms with Crippen LogP contribution in [0.1, 0.15) is 54.4 Å². The lowest BCUT2D eigenvalue weighted by Gasteiger charge is -2.50. The van der Waals surface area contributed by atoms with Crippen LogP contribution in [0, 0.1) is 5.41 Å². The van der Waals surface area contributed by atoms with Gasteiger partial charge in [-0.05, 0) is 46.0 Å². The monoisotopic (exact) mass is 254 g/mol. The van der Waals surface area contributed by atoms with Gasteiger partial charge in [0.1, 0.15) is 0 Å². The smallest absolute Gasteiger partial charge is 0.0760 e. The van der Waals surface area contributed by atoms with Crippen molar-refractivity contribution in [1.82, 2.24) is 4.90 Å². The summed E-state index contributed by atoms with van der Waals surface area (Å²) in [4.78, 5) is 2.57. The minimum absolute atomic E-state index is 0.0752.